The van der Waals surface area contributed by atoms with Crippen LogP contribution in [0.4, 0.5) is 17.6 Å². The second-order valence-corrected chi connectivity index (χ2v) is 8.50. The molecule has 2 aromatic heterocycles. The normalized spacial score (nSPS) is 22.1. The van der Waals surface area contributed by atoms with Gasteiger partial charge >= 0.3 is 6.18 Å². The van der Waals surface area contributed by atoms with E-state index in [0.29, 0.717) is 23.2 Å². The fraction of sp³-hybridized carbons (Fsp3) is 0.333. The number of carbonyl (C=O) groups is 1. The molecule has 4 heterocycles. The van der Waals surface area contributed by atoms with Crippen molar-refractivity contribution in [3.63, 3.8) is 0 Å². The highest BCUT2D eigenvalue weighted by molar-refractivity contribution is 6.01. The van der Waals surface area contributed by atoms with Crippen LogP contribution in [0.5, 0.6) is 0 Å². The standard InChI is InChI=1S/C24H20F4N4O/c25-19-3-1-2-18(22(19)14-6-8-29-9-7-14)23(33)32-17-4-5-20(32)15(11-17)10-16-12-31-21(13-30-16)24(26,27)28/h1-3,6-9,12-13,15,17,20H,4-5,10-11H2. The molecule has 170 valence electrons. The lowest BCUT2D eigenvalue weighted by Gasteiger charge is -2.25. The minimum absolute atomic E-state index is 0.0171. The molecule has 2 bridgehead atoms. The topological polar surface area (TPSA) is 59.0 Å². The Hall–Kier alpha value is -3.36. The lowest BCUT2D eigenvalue weighted by atomic mass is 9.86. The van der Waals surface area contributed by atoms with Gasteiger partial charge < -0.3 is 4.90 Å². The smallest absolute Gasteiger partial charge is 0.332 e. The van der Waals surface area contributed by atoms with E-state index in [4.69, 9.17) is 0 Å². The predicted octanol–water partition coefficient (Wildman–Crippen LogP) is 4.93. The van der Waals surface area contributed by atoms with Crippen LogP contribution < -0.4 is 0 Å². The fourth-order valence-electron chi connectivity index (χ4n) is 5.18. The van der Waals surface area contributed by atoms with Crippen LogP contribution in [0, 0.1) is 11.7 Å². The van der Waals surface area contributed by atoms with Crippen LogP contribution in [0.3, 0.4) is 0 Å². The van der Waals surface area contributed by atoms with Crippen molar-refractivity contribution in [1.29, 1.82) is 0 Å². The number of benzene rings is 1. The summed E-state index contributed by atoms with van der Waals surface area (Å²) in [6.07, 6.45) is 3.32. The highest BCUT2D eigenvalue weighted by Gasteiger charge is 2.49. The number of hydrogen-bond acceptors (Lipinski definition) is 4. The number of hydrogen-bond donors (Lipinski definition) is 0. The monoisotopic (exact) mass is 456 g/mol. The Balaban J connectivity index is 1.39. The van der Waals surface area contributed by atoms with Crippen molar-refractivity contribution < 1.29 is 22.4 Å². The maximum atomic E-state index is 14.8. The summed E-state index contributed by atoms with van der Waals surface area (Å²) >= 11 is 0. The molecule has 9 heteroatoms. The van der Waals surface area contributed by atoms with Gasteiger partial charge in [-0.3, -0.25) is 14.8 Å². The molecule has 2 aliphatic rings. The van der Waals surface area contributed by atoms with Crippen LogP contribution in [0.15, 0.2) is 55.1 Å². The number of pyridine rings is 1. The molecule has 0 spiro atoms. The Morgan fingerprint density at radius 3 is 2.55 bits per heavy atom. The summed E-state index contributed by atoms with van der Waals surface area (Å²) in [7, 11) is 0. The van der Waals surface area contributed by atoms with E-state index in [2.05, 4.69) is 15.0 Å². The van der Waals surface area contributed by atoms with Gasteiger partial charge in [0.05, 0.1) is 17.5 Å². The van der Waals surface area contributed by atoms with Crippen molar-refractivity contribution in [2.75, 3.05) is 0 Å². The van der Waals surface area contributed by atoms with E-state index in [1.807, 2.05) is 4.90 Å². The molecule has 1 amide bonds. The zero-order chi connectivity index (χ0) is 23.2. The molecule has 3 atom stereocenters. The van der Waals surface area contributed by atoms with E-state index in [1.54, 1.807) is 30.6 Å². The highest BCUT2D eigenvalue weighted by Crippen LogP contribution is 2.44. The molecule has 2 fully saturated rings. The molecular formula is C24H20F4N4O. The molecule has 0 saturated carbocycles. The number of carbonyl (C=O) groups excluding carboxylic acids is 1. The van der Waals surface area contributed by atoms with Gasteiger partial charge in [0.15, 0.2) is 5.69 Å². The molecule has 0 aliphatic carbocycles. The van der Waals surface area contributed by atoms with Crippen molar-refractivity contribution in [2.45, 2.75) is 43.9 Å². The first-order chi connectivity index (χ1) is 15.8. The van der Waals surface area contributed by atoms with Gasteiger partial charge in [0.2, 0.25) is 0 Å². The van der Waals surface area contributed by atoms with E-state index < -0.39 is 17.7 Å². The SMILES string of the molecule is O=C(c1cccc(F)c1-c1ccncc1)N1C2CCC1C(Cc1cnc(C(F)(F)F)cn1)C2. The first-order valence-corrected chi connectivity index (χ1v) is 10.7. The van der Waals surface area contributed by atoms with Crippen LogP contribution in [0.2, 0.25) is 0 Å². The Kier molecular flexibility index (Phi) is 5.34. The third-order valence-electron chi connectivity index (χ3n) is 6.58. The van der Waals surface area contributed by atoms with Crippen LogP contribution in [-0.2, 0) is 12.6 Å². The van der Waals surface area contributed by atoms with Crippen LogP contribution >= 0.6 is 0 Å². The number of rotatable bonds is 4. The minimum atomic E-state index is -4.53. The third-order valence-corrected chi connectivity index (χ3v) is 6.58. The molecule has 5 rings (SSSR count). The summed E-state index contributed by atoms with van der Waals surface area (Å²) in [5, 5.41) is 0. The molecule has 2 aliphatic heterocycles. The summed E-state index contributed by atoms with van der Waals surface area (Å²) in [5.74, 6) is -0.637. The van der Waals surface area contributed by atoms with Gasteiger partial charge in [0, 0.05) is 36.2 Å². The lowest BCUT2D eigenvalue weighted by Crippen LogP contribution is -2.37. The van der Waals surface area contributed by atoms with E-state index in [0.717, 1.165) is 31.7 Å². The number of aromatic nitrogens is 3. The highest BCUT2D eigenvalue weighted by atomic mass is 19.4. The number of halogens is 4. The Labute approximate surface area is 187 Å². The maximum Gasteiger partial charge on any atom is 0.434 e. The zero-order valence-corrected chi connectivity index (χ0v) is 17.5. The van der Waals surface area contributed by atoms with Gasteiger partial charge in [-0.25, -0.2) is 9.37 Å². The fourth-order valence-corrected chi connectivity index (χ4v) is 5.18. The number of alkyl halides is 3. The molecule has 2 saturated heterocycles. The molecule has 33 heavy (non-hydrogen) atoms. The van der Waals surface area contributed by atoms with Crippen molar-refractivity contribution in [2.24, 2.45) is 5.92 Å². The molecule has 3 aromatic rings. The average molecular weight is 456 g/mol. The minimum Gasteiger partial charge on any atom is -0.332 e. The van der Waals surface area contributed by atoms with Gasteiger partial charge in [-0.05, 0) is 61.4 Å². The number of nitrogens with zero attached hydrogens (tertiary/aromatic N) is 4. The quantitative estimate of drug-likeness (QED) is 0.523. The molecular weight excluding hydrogens is 436 g/mol. The first kappa shape index (κ1) is 21.5. The van der Waals surface area contributed by atoms with Crippen molar-refractivity contribution in [1.82, 2.24) is 19.9 Å². The van der Waals surface area contributed by atoms with Crippen LogP contribution in [0.25, 0.3) is 11.1 Å². The third kappa shape index (κ3) is 3.96. The molecule has 1 aromatic carbocycles. The van der Waals surface area contributed by atoms with E-state index >= 15 is 0 Å². The van der Waals surface area contributed by atoms with E-state index in [-0.39, 0.29) is 29.5 Å². The first-order valence-electron chi connectivity index (χ1n) is 10.7. The molecule has 3 unspecified atom stereocenters. The van der Waals surface area contributed by atoms with Crippen LogP contribution in [-0.4, -0.2) is 37.8 Å². The van der Waals surface area contributed by atoms with Gasteiger partial charge in [-0.2, -0.15) is 13.2 Å². The Morgan fingerprint density at radius 1 is 1.06 bits per heavy atom. The van der Waals surface area contributed by atoms with Gasteiger partial charge in [0.1, 0.15) is 5.82 Å². The predicted molar refractivity (Wildman–Crippen MR) is 111 cm³/mol. The summed E-state index contributed by atoms with van der Waals surface area (Å²) in [4.78, 5) is 26.8. The average Bonchev–Trinajstić information content (AvgIpc) is 3.36. The zero-order valence-electron chi connectivity index (χ0n) is 17.5. The Morgan fingerprint density at radius 2 is 1.85 bits per heavy atom. The summed E-state index contributed by atoms with van der Waals surface area (Å²) in [6.45, 7) is 0. The summed E-state index contributed by atoms with van der Waals surface area (Å²) in [5.41, 5.74) is 0.575. The van der Waals surface area contributed by atoms with Gasteiger partial charge in [-0.1, -0.05) is 6.07 Å². The van der Waals surface area contributed by atoms with Gasteiger partial charge in [0.25, 0.3) is 5.91 Å². The second-order valence-electron chi connectivity index (χ2n) is 8.50. The lowest BCUT2D eigenvalue weighted by molar-refractivity contribution is -0.141. The summed E-state index contributed by atoms with van der Waals surface area (Å²) in [6, 6.07) is 7.77. The summed E-state index contributed by atoms with van der Waals surface area (Å²) < 4.78 is 53.1. The van der Waals surface area contributed by atoms with Crippen molar-refractivity contribution >= 4 is 5.91 Å². The number of amides is 1. The molecule has 0 N–H and O–H groups in total. The van der Waals surface area contributed by atoms with Crippen LogP contribution in [0.1, 0.15) is 41.0 Å². The van der Waals surface area contributed by atoms with Crippen molar-refractivity contribution in [3.8, 4) is 11.1 Å². The van der Waals surface area contributed by atoms with E-state index in [9.17, 15) is 22.4 Å². The largest absolute Gasteiger partial charge is 0.434 e. The second kappa shape index (κ2) is 8.20. The van der Waals surface area contributed by atoms with Crippen molar-refractivity contribution in [3.05, 3.63) is 77.9 Å². The molecule has 0 radical (unpaired) electrons. The maximum absolute atomic E-state index is 14.8. The number of fused-ring (bicyclic) bond motifs is 2. The van der Waals surface area contributed by atoms with E-state index in [1.165, 1.54) is 12.1 Å². The molecule has 5 nitrogen and oxygen atoms in total. The van der Waals surface area contributed by atoms with Gasteiger partial charge in [-0.15, -0.1) is 0 Å². The Bertz CT molecular complexity index is 1170.